The third-order valence-corrected chi connectivity index (χ3v) is 4.05. The number of ether oxygens (including phenoxy) is 1. The van der Waals surface area contributed by atoms with Crippen LogP contribution in [0.15, 0.2) is 54.6 Å². The molecule has 0 fully saturated rings. The Balaban J connectivity index is 1.84. The quantitative estimate of drug-likeness (QED) is 0.806. The van der Waals surface area contributed by atoms with E-state index in [2.05, 4.69) is 0 Å². The molecular weight excluding hydrogens is 314 g/mol. The highest BCUT2D eigenvalue weighted by atomic mass is 35.5. The number of hydrogen-bond acceptors (Lipinski definition) is 3. The molecule has 0 spiro atoms. The van der Waals surface area contributed by atoms with E-state index < -0.39 is 0 Å². The van der Waals surface area contributed by atoms with Crippen LogP contribution in [-0.2, 0) is 0 Å². The van der Waals surface area contributed by atoms with E-state index in [9.17, 15) is 9.59 Å². The van der Waals surface area contributed by atoms with Crippen molar-refractivity contribution in [2.75, 3.05) is 13.7 Å². The van der Waals surface area contributed by atoms with Gasteiger partial charge in [-0.05, 0) is 30.3 Å². The third kappa shape index (κ3) is 2.73. The van der Waals surface area contributed by atoms with Gasteiger partial charge in [0.2, 0.25) is 0 Å². The van der Waals surface area contributed by atoms with Crippen molar-refractivity contribution in [1.29, 1.82) is 0 Å². The van der Waals surface area contributed by atoms with E-state index in [1.54, 1.807) is 43.5 Å². The molecule has 0 unspecified atom stereocenters. The minimum absolute atomic E-state index is 0.114. The molecule has 2 aromatic rings. The zero-order valence-electron chi connectivity index (χ0n) is 12.5. The van der Waals surface area contributed by atoms with Crippen molar-refractivity contribution in [2.24, 2.45) is 0 Å². The Bertz CT molecular complexity index is 778. The Morgan fingerprint density at radius 1 is 1.04 bits per heavy atom. The van der Waals surface area contributed by atoms with Crippen LogP contribution in [0.3, 0.4) is 0 Å². The summed E-state index contributed by atoms with van der Waals surface area (Å²) >= 11 is 6.31. The van der Waals surface area contributed by atoms with Crippen molar-refractivity contribution < 1.29 is 14.3 Å². The number of carbonyl (C=O) groups is 2. The standard InChI is InChI=1S/C18H14ClNO3/c1-23-16-9-5-4-8-14(16)15(19)10-11-20-17(21)12-6-2-3-7-13(12)18(20)22/h2-10H,11H2,1H3. The summed E-state index contributed by atoms with van der Waals surface area (Å²) in [5.74, 6) is 0.0359. The van der Waals surface area contributed by atoms with Crippen LogP contribution in [-0.4, -0.2) is 30.4 Å². The highest BCUT2D eigenvalue weighted by Crippen LogP contribution is 2.29. The Hall–Kier alpha value is -2.59. The van der Waals surface area contributed by atoms with Gasteiger partial charge in [-0.3, -0.25) is 14.5 Å². The zero-order chi connectivity index (χ0) is 16.4. The van der Waals surface area contributed by atoms with Gasteiger partial charge in [0.25, 0.3) is 11.8 Å². The fraction of sp³-hybridized carbons (Fsp3) is 0.111. The fourth-order valence-electron chi connectivity index (χ4n) is 2.53. The summed E-state index contributed by atoms with van der Waals surface area (Å²) in [6, 6.07) is 14.1. The number of methoxy groups -OCH3 is 1. The Morgan fingerprint density at radius 2 is 1.61 bits per heavy atom. The molecule has 1 aliphatic heterocycles. The molecular formula is C18H14ClNO3. The Kier molecular flexibility index (Phi) is 4.17. The molecule has 1 aliphatic rings. The molecule has 0 atom stereocenters. The molecule has 4 nitrogen and oxygen atoms in total. The monoisotopic (exact) mass is 327 g/mol. The largest absolute Gasteiger partial charge is 0.496 e. The molecule has 2 aromatic carbocycles. The maximum atomic E-state index is 12.3. The molecule has 0 bridgehead atoms. The van der Waals surface area contributed by atoms with Gasteiger partial charge in [-0.25, -0.2) is 0 Å². The van der Waals surface area contributed by atoms with E-state index in [1.165, 1.54) is 4.90 Å². The summed E-state index contributed by atoms with van der Waals surface area (Å²) in [7, 11) is 1.56. The number of para-hydroxylation sites is 1. The normalized spacial score (nSPS) is 14.2. The summed E-state index contributed by atoms with van der Waals surface area (Å²) in [6.07, 6.45) is 1.64. The first-order valence-corrected chi connectivity index (χ1v) is 7.45. The van der Waals surface area contributed by atoms with Crippen molar-refractivity contribution in [3.8, 4) is 5.75 Å². The van der Waals surface area contributed by atoms with Crippen molar-refractivity contribution in [1.82, 2.24) is 4.90 Å². The first kappa shape index (κ1) is 15.3. The molecule has 0 saturated carbocycles. The number of rotatable bonds is 4. The highest BCUT2D eigenvalue weighted by Gasteiger charge is 2.34. The van der Waals surface area contributed by atoms with Crippen LogP contribution in [0.5, 0.6) is 5.75 Å². The number of amides is 2. The van der Waals surface area contributed by atoms with Gasteiger partial charge in [-0.15, -0.1) is 0 Å². The van der Waals surface area contributed by atoms with Crippen LogP contribution < -0.4 is 4.74 Å². The maximum Gasteiger partial charge on any atom is 0.261 e. The summed E-state index contributed by atoms with van der Waals surface area (Å²) in [5.41, 5.74) is 1.58. The van der Waals surface area contributed by atoms with Crippen LogP contribution in [0, 0.1) is 0 Å². The minimum atomic E-state index is -0.300. The smallest absolute Gasteiger partial charge is 0.261 e. The van der Waals surface area contributed by atoms with Crippen LogP contribution in [0.1, 0.15) is 26.3 Å². The van der Waals surface area contributed by atoms with E-state index >= 15 is 0 Å². The topological polar surface area (TPSA) is 46.6 Å². The molecule has 23 heavy (non-hydrogen) atoms. The molecule has 0 aliphatic carbocycles. The summed E-state index contributed by atoms with van der Waals surface area (Å²) in [6.45, 7) is 0.114. The summed E-state index contributed by atoms with van der Waals surface area (Å²) in [5, 5.41) is 0.430. The van der Waals surface area contributed by atoms with Gasteiger partial charge >= 0.3 is 0 Å². The van der Waals surface area contributed by atoms with E-state index in [-0.39, 0.29) is 18.4 Å². The predicted molar refractivity (Wildman–Crippen MR) is 88.6 cm³/mol. The first-order chi connectivity index (χ1) is 11.1. The SMILES string of the molecule is COc1ccccc1C(Cl)=CCN1C(=O)c2ccccc2C1=O. The van der Waals surface area contributed by atoms with Crippen LogP contribution in [0.2, 0.25) is 0 Å². The maximum absolute atomic E-state index is 12.3. The number of fused-ring (bicyclic) bond motifs is 1. The lowest BCUT2D eigenvalue weighted by atomic mass is 10.1. The Morgan fingerprint density at radius 3 is 2.22 bits per heavy atom. The molecule has 2 amide bonds. The van der Waals surface area contributed by atoms with Crippen molar-refractivity contribution in [3.63, 3.8) is 0 Å². The lowest BCUT2D eigenvalue weighted by molar-refractivity contribution is 0.0672. The van der Waals surface area contributed by atoms with Gasteiger partial charge in [0.05, 0.1) is 18.2 Å². The summed E-state index contributed by atoms with van der Waals surface area (Å²) in [4.78, 5) is 25.8. The van der Waals surface area contributed by atoms with Gasteiger partial charge in [0.1, 0.15) is 5.75 Å². The van der Waals surface area contributed by atoms with Gasteiger partial charge < -0.3 is 4.74 Å². The predicted octanol–water partition coefficient (Wildman–Crippen LogP) is 3.57. The minimum Gasteiger partial charge on any atom is -0.496 e. The van der Waals surface area contributed by atoms with E-state index in [1.807, 2.05) is 18.2 Å². The van der Waals surface area contributed by atoms with E-state index in [0.717, 1.165) is 0 Å². The molecule has 0 N–H and O–H groups in total. The second-order valence-electron chi connectivity index (χ2n) is 5.02. The van der Waals surface area contributed by atoms with Crippen LogP contribution in [0.25, 0.3) is 5.03 Å². The summed E-state index contributed by atoms with van der Waals surface area (Å²) < 4.78 is 5.26. The van der Waals surface area contributed by atoms with Crippen molar-refractivity contribution in [2.45, 2.75) is 0 Å². The van der Waals surface area contributed by atoms with E-state index in [4.69, 9.17) is 16.3 Å². The molecule has 5 heteroatoms. The molecule has 1 heterocycles. The van der Waals surface area contributed by atoms with Gasteiger partial charge in [0, 0.05) is 17.1 Å². The average molecular weight is 328 g/mol. The number of halogens is 1. The second kappa shape index (κ2) is 6.26. The average Bonchev–Trinajstić information content (AvgIpc) is 2.84. The molecule has 0 radical (unpaired) electrons. The van der Waals surface area contributed by atoms with Crippen molar-refractivity contribution in [3.05, 3.63) is 71.3 Å². The van der Waals surface area contributed by atoms with Gasteiger partial charge in [0.15, 0.2) is 0 Å². The molecule has 0 aromatic heterocycles. The van der Waals surface area contributed by atoms with Crippen LogP contribution >= 0.6 is 11.6 Å². The molecule has 0 saturated heterocycles. The van der Waals surface area contributed by atoms with Crippen molar-refractivity contribution >= 4 is 28.4 Å². The first-order valence-electron chi connectivity index (χ1n) is 7.07. The number of benzene rings is 2. The lowest BCUT2D eigenvalue weighted by Gasteiger charge is -2.12. The number of hydrogen-bond donors (Lipinski definition) is 0. The molecule has 116 valence electrons. The van der Waals surface area contributed by atoms with Crippen LogP contribution in [0.4, 0.5) is 0 Å². The second-order valence-corrected chi connectivity index (χ2v) is 5.43. The number of carbonyl (C=O) groups excluding carboxylic acids is 2. The molecule has 3 rings (SSSR count). The third-order valence-electron chi connectivity index (χ3n) is 3.70. The number of nitrogens with zero attached hydrogens (tertiary/aromatic N) is 1. The zero-order valence-corrected chi connectivity index (χ0v) is 13.2. The van der Waals surface area contributed by atoms with E-state index in [0.29, 0.717) is 27.5 Å². The Labute approximate surface area is 138 Å². The van der Waals surface area contributed by atoms with Gasteiger partial charge in [-0.1, -0.05) is 35.9 Å². The lowest BCUT2D eigenvalue weighted by Crippen LogP contribution is -2.29. The number of imide groups is 1. The highest BCUT2D eigenvalue weighted by molar-refractivity contribution is 6.49. The fourth-order valence-corrected chi connectivity index (χ4v) is 2.75. The van der Waals surface area contributed by atoms with Gasteiger partial charge in [-0.2, -0.15) is 0 Å².